The van der Waals surface area contributed by atoms with Crippen molar-refractivity contribution >= 4 is 5.97 Å². The molecule has 0 amide bonds. The molecule has 4 heterocycles. The fourth-order valence-corrected chi connectivity index (χ4v) is 6.80. The Morgan fingerprint density at radius 2 is 1.72 bits per heavy atom. The smallest absolute Gasteiger partial charge is 0.308 e. The van der Waals surface area contributed by atoms with Crippen molar-refractivity contribution in [3.63, 3.8) is 0 Å². The van der Waals surface area contributed by atoms with E-state index in [1.54, 1.807) is 0 Å². The fourth-order valence-electron chi connectivity index (χ4n) is 6.80. The molecule has 0 aromatic heterocycles. The molecule has 4 aliphatic heterocycles. The minimum absolute atomic E-state index is 0.0445. The van der Waals surface area contributed by atoms with E-state index in [9.17, 15) is 4.79 Å². The van der Waals surface area contributed by atoms with Gasteiger partial charge in [0.05, 0.1) is 43.0 Å². The van der Waals surface area contributed by atoms with Crippen LogP contribution in [0, 0.1) is 23.7 Å². The highest BCUT2D eigenvalue weighted by Gasteiger charge is 2.56. The van der Waals surface area contributed by atoms with Gasteiger partial charge in [0.15, 0.2) is 5.79 Å². The summed E-state index contributed by atoms with van der Waals surface area (Å²) in [5.41, 5.74) is 0.990. The number of carbonyl (C=O) groups excluding carboxylic acids is 1. The summed E-state index contributed by atoms with van der Waals surface area (Å²) in [6, 6.07) is 9.80. The highest BCUT2D eigenvalue weighted by molar-refractivity contribution is 5.70. The third kappa shape index (κ3) is 5.38. The molecule has 0 aliphatic carbocycles. The summed E-state index contributed by atoms with van der Waals surface area (Å²) in [7, 11) is 0. The molecule has 36 heavy (non-hydrogen) atoms. The molecular formula is C30H44O6. The summed E-state index contributed by atoms with van der Waals surface area (Å²) in [5, 5.41) is 0. The average Bonchev–Trinajstić information content (AvgIpc) is 3.28. The summed E-state index contributed by atoms with van der Waals surface area (Å²) in [5.74, 6) is 0.584. The number of esters is 1. The first-order valence-electron chi connectivity index (χ1n) is 14.1. The number of ether oxygens (including phenoxy) is 5. The average molecular weight is 501 g/mol. The van der Waals surface area contributed by atoms with E-state index in [0.717, 1.165) is 37.7 Å². The van der Waals surface area contributed by atoms with E-state index < -0.39 is 5.79 Å². The number of hydrogen-bond donors (Lipinski definition) is 0. The van der Waals surface area contributed by atoms with Gasteiger partial charge in [0.25, 0.3) is 0 Å². The second-order valence-electron chi connectivity index (χ2n) is 12.0. The number of carbonyl (C=O) groups is 1. The Bertz CT molecular complexity index is 891. The van der Waals surface area contributed by atoms with Crippen LogP contribution in [-0.2, 0) is 35.1 Å². The standard InChI is InChI=1S/C30H44O6/c1-6-18(2)23-12-26-25(33-23)13-27-29(34-26)20(4)16-30(36-27)15-19(3)21(5)24(35-30)14-28(31)32-17-22-10-8-7-9-11-22/h7-11,18-21,23-27,29H,6,12-17H2,1-5H3/t18-,19-,20-,21-,23-,24-,25+,26+,27-,29-,30+/m0/s1. The maximum Gasteiger partial charge on any atom is 0.308 e. The lowest BCUT2D eigenvalue weighted by molar-refractivity contribution is -0.369. The van der Waals surface area contributed by atoms with Crippen molar-refractivity contribution in [2.45, 2.75) is 122 Å². The zero-order chi connectivity index (χ0) is 25.4. The van der Waals surface area contributed by atoms with Crippen LogP contribution in [0.5, 0.6) is 0 Å². The Kier molecular flexibility index (Phi) is 7.79. The fraction of sp³-hybridized carbons (Fsp3) is 0.767. The molecule has 0 bridgehead atoms. The first kappa shape index (κ1) is 26.1. The Balaban J connectivity index is 1.23. The molecule has 11 atom stereocenters. The summed E-state index contributed by atoms with van der Waals surface area (Å²) < 4.78 is 32.2. The first-order valence-corrected chi connectivity index (χ1v) is 14.1. The minimum Gasteiger partial charge on any atom is -0.461 e. The van der Waals surface area contributed by atoms with Gasteiger partial charge in [0, 0.05) is 25.7 Å². The number of rotatable bonds is 6. The quantitative estimate of drug-likeness (QED) is 0.470. The molecule has 1 aromatic carbocycles. The lowest BCUT2D eigenvalue weighted by Crippen LogP contribution is -2.61. The van der Waals surface area contributed by atoms with Crippen LogP contribution in [0.1, 0.15) is 78.7 Å². The van der Waals surface area contributed by atoms with Gasteiger partial charge in [-0.3, -0.25) is 4.79 Å². The zero-order valence-corrected chi connectivity index (χ0v) is 22.6. The lowest BCUT2D eigenvalue weighted by atomic mass is 9.75. The van der Waals surface area contributed by atoms with Crippen LogP contribution >= 0.6 is 0 Å². The van der Waals surface area contributed by atoms with E-state index in [-0.39, 0.29) is 61.5 Å². The molecule has 1 aromatic rings. The SMILES string of the molecule is CC[C@H](C)[C@@H]1C[C@H]2O[C@@H]3[C@H](C[C@H]2O1)O[C@]1(C[C@H](C)[C@H](C)[C@H](CC(=O)OCc2ccccc2)O1)C[C@@H]3C. The lowest BCUT2D eigenvalue weighted by Gasteiger charge is -2.55. The predicted octanol–water partition coefficient (Wildman–Crippen LogP) is 5.66. The van der Waals surface area contributed by atoms with Gasteiger partial charge in [0.2, 0.25) is 0 Å². The third-order valence-corrected chi connectivity index (χ3v) is 9.32. The molecule has 1 spiro atoms. The Hall–Kier alpha value is -1.47. The van der Waals surface area contributed by atoms with Gasteiger partial charge in [-0.25, -0.2) is 0 Å². The summed E-state index contributed by atoms with van der Waals surface area (Å²) in [6.07, 6.45) is 5.16. The topological polar surface area (TPSA) is 63.2 Å². The molecule has 4 fully saturated rings. The van der Waals surface area contributed by atoms with Crippen LogP contribution in [-0.4, -0.2) is 48.4 Å². The highest BCUT2D eigenvalue weighted by Crippen LogP contribution is 2.50. The van der Waals surface area contributed by atoms with Gasteiger partial charge < -0.3 is 23.7 Å². The Morgan fingerprint density at radius 3 is 2.47 bits per heavy atom. The highest BCUT2D eigenvalue weighted by atomic mass is 16.7. The molecule has 5 rings (SSSR count). The van der Waals surface area contributed by atoms with Gasteiger partial charge in [-0.05, 0) is 29.2 Å². The number of hydrogen-bond acceptors (Lipinski definition) is 6. The molecule has 0 N–H and O–H groups in total. The molecule has 200 valence electrons. The second kappa shape index (κ2) is 10.7. The Labute approximate surface area is 216 Å². The van der Waals surface area contributed by atoms with Gasteiger partial charge in [-0.2, -0.15) is 0 Å². The van der Waals surface area contributed by atoms with Crippen LogP contribution in [0.25, 0.3) is 0 Å². The minimum atomic E-state index is -0.679. The van der Waals surface area contributed by atoms with Crippen LogP contribution in [0.4, 0.5) is 0 Å². The molecule has 6 nitrogen and oxygen atoms in total. The number of benzene rings is 1. The van der Waals surface area contributed by atoms with Crippen LogP contribution in [0.2, 0.25) is 0 Å². The maximum absolute atomic E-state index is 12.8. The van der Waals surface area contributed by atoms with Crippen LogP contribution in [0.3, 0.4) is 0 Å². The monoisotopic (exact) mass is 500 g/mol. The van der Waals surface area contributed by atoms with Crippen molar-refractivity contribution in [1.29, 1.82) is 0 Å². The van der Waals surface area contributed by atoms with Gasteiger partial charge in [0.1, 0.15) is 6.61 Å². The molecule has 6 heteroatoms. The van der Waals surface area contributed by atoms with Gasteiger partial charge in [-0.15, -0.1) is 0 Å². The largest absolute Gasteiger partial charge is 0.461 e. The molecular weight excluding hydrogens is 456 g/mol. The second-order valence-corrected chi connectivity index (χ2v) is 12.0. The van der Waals surface area contributed by atoms with Crippen molar-refractivity contribution in [3.05, 3.63) is 35.9 Å². The summed E-state index contributed by atoms with van der Waals surface area (Å²) >= 11 is 0. The van der Waals surface area contributed by atoms with E-state index >= 15 is 0 Å². The first-order chi connectivity index (χ1) is 17.3. The van der Waals surface area contributed by atoms with Crippen molar-refractivity contribution in [2.75, 3.05) is 0 Å². The molecule has 0 unspecified atom stereocenters. The molecule has 4 aliphatic rings. The van der Waals surface area contributed by atoms with Crippen molar-refractivity contribution in [3.8, 4) is 0 Å². The van der Waals surface area contributed by atoms with E-state index in [2.05, 4.69) is 34.6 Å². The van der Waals surface area contributed by atoms with E-state index in [0.29, 0.717) is 17.8 Å². The van der Waals surface area contributed by atoms with Crippen molar-refractivity contribution in [2.24, 2.45) is 23.7 Å². The normalized spacial score (nSPS) is 43.0. The Morgan fingerprint density at radius 1 is 1.00 bits per heavy atom. The van der Waals surface area contributed by atoms with Crippen LogP contribution in [0.15, 0.2) is 30.3 Å². The van der Waals surface area contributed by atoms with Crippen molar-refractivity contribution < 1.29 is 28.5 Å². The molecule has 0 radical (unpaired) electrons. The van der Waals surface area contributed by atoms with Gasteiger partial charge >= 0.3 is 5.97 Å². The summed E-state index contributed by atoms with van der Waals surface area (Å²) in [6.45, 7) is 11.5. The molecule has 4 saturated heterocycles. The van der Waals surface area contributed by atoms with Gasteiger partial charge in [-0.1, -0.05) is 71.4 Å². The maximum atomic E-state index is 12.8. The number of fused-ring (bicyclic) bond motifs is 2. The molecule has 0 saturated carbocycles. The van der Waals surface area contributed by atoms with Crippen LogP contribution < -0.4 is 0 Å². The van der Waals surface area contributed by atoms with E-state index in [1.807, 2.05) is 30.3 Å². The third-order valence-electron chi connectivity index (χ3n) is 9.32. The predicted molar refractivity (Wildman–Crippen MR) is 136 cm³/mol. The zero-order valence-electron chi connectivity index (χ0n) is 22.6. The summed E-state index contributed by atoms with van der Waals surface area (Å²) in [4.78, 5) is 12.8. The van der Waals surface area contributed by atoms with Crippen molar-refractivity contribution in [1.82, 2.24) is 0 Å². The van der Waals surface area contributed by atoms with E-state index in [1.165, 1.54) is 0 Å². The van der Waals surface area contributed by atoms with E-state index in [4.69, 9.17) is 23.7 Å².